The molecular weight excluding hydrogens is 345 g/mol. The monoisotopic (exact) mass is 375 g/mol. The third-order valence-electron chi connectivity index (χ3n) is 4.83. The van der Waals surface area contributed by atoms with E-state index in [-0.39, 0.29) is 48.7 Å². The highest BCUT2D eigenvalue weighted by atomic mass is 35.5. The predicted molar refractivity (Wildman–Crippen MR) is 105 cm³/mol. The molecule has 1 aromatic carbocycles. The molecular formula is C18H31Cl2N3O. The maximum Gasteiger partial charge on any atom is 0.239 e. The number of halogens is 2. The third-order valence-corrected chi connectivity index (χ3v) is 4.83. The molecule has 1 amide bonds. The zero-order chi connectivity index (χ0) is 16.1. The van der Waals surface area contributed by atoms with Crippen molar-refractivity contribution >= 4 is 30.7 Å². The van der Waals surface area contributed by atoms with Crippen molar-refractivity contribution in [2.75, 3.05) is 26.2 Å². The normalized spacial score (nSPS) is 21.1. The fourth-order valence-electron chi connectivity index (χ4n) is 3.53. The lowest BCUT2D eigenvalue weighted by Gasteiger charge is -2.31. The summed E-state index contributed by atoms with van der Waals surface area (Å²) >= 11 is 0. The Hall–Kier alpha value is -0.810. The highest BCUT2D eigenvalue weighted by Crippen LogP contribution is 2.27. The summed E-state index contributed by atoms with van der Waals surface area (Å²) in [5.74, 6) is 0.486. The SMILES string of the molecule is CCC(C(=O)N1C[C@@H](N)[C@H](c2ccccc2)C1)N(CC)CC.Cl.Cl. The number of amides is 1. The lowest BCUT2D eigenvalue weighted by Crippen LogP contribution is -2.48. The summed E-state index contributed by atoms with van der Waals surface area (Å²) in [6, 6.07) is 10.3. The zero-order valence-electron chi connectivity index (χ0n) is 14.9. The van der Waals surface area contributed by atoms with Gasteiger partial charge in [0.05, 0.1) is 6.04 Å². The molecule has 4 nitrogen and oxygen atoms in total. The number of hydrogen-bond donors (Lipinski definition) is 1. The largest absolute Gasteiger partial charge is 0.339 e. The van der Waals surface area contributed by atoms with Crippen molar-refractivity contribution in [2.45, 2.75) is 45.2 Å². The van der Waals surface area contributed by atoms with Crippen LogP contribution in [-0.2, 0) is 4.79 Å². The number of nitrogens with zero attached hydrogens (tertiary/aromatic N) is 2. The van der Waals surface area contributed by atoms with Gasteiger partial charge in [-0.1, -0.05) is 51.1 Å². The van der Waals surface area contributed by atoms with Crippen molar-refractivity contribution in [1.29, 1.82) is 0 Å². The van der Waals surface area contributed by atoms with Gasteiger partial charge >= 0.3 is 0 Å². The Morgan fingerprint density at radius 2 is 1.75 bits per heavy atom. The van der Waals surface area contributed by atoms with E-state index in [0.717, 1.165) is 26.1 Å². The van der Waals surface area contributed by atoms with E-state index in [0.29, 0.717) is 6.54 Å². The number of benzene rings is 1. The van der Waals surface area contributed by atoms with Gasteiger partial charge < -0.3 is 10.6 Å². The second kappa shape index (κ2) is 10.9. The van der Waals surface area contributed by atoms with Crippen LogP contribution in [0.4, 0.5) is 0 Å². The minimum absolute atomic E-state index is 0. The number of likely N-dealkylation sites (N-methyl/N-ethyl adjacent to an activating group) is 1. The first-order chi connectivity index (χ1) is 10.6. The average Bonchev–Trinajstić information content (AvgIpc) is 2.94. The van der Waals surface area contributed by atoms with Crippen LogP contribution in [0.1, 0.15) is 38.7 Å². The topological polar surface area (TPSA) is 49.6 Å². The van der Waals surface area contributed by atoms with E-state index >= 15 is 0 Å². The molecule has 3 atom stereocenters. The van der Waals surface area contributed by atoms with Gasteiger partial charge in [-0.05, 0) is 25.1 Å². The Bertz CT molecular complexity index is 482. The molecule has 0 spiro atoms. The third kappa shape index (κ3) is 5.09. The Morgan fingerprint density at radius 3 is 2.25 bits per heavy atom. The van der Waals surface area contributed by atoms with Crippen molar-refractivity contribution in [3.63, 3.8) is 0 Å². The van der Waals surface area contributed by atoms with Crippen molar-refractivity contribution in [2.24, 2.45) is 5.73 Å². The van der Waals surface area contributed by atoms with Gasteiger partial charge in [-0.3, -0.25) is 9.69 Å². The van der Waals surface area contributed by atoms with Crippen LogP contribution in [0.3, 0.4) is 0 Å². The number of carbonyl (C=O) groups excluding carboxylic acids is 1. The fourth-order valence-corrected chi connectivity index (χ4v) is 3.53. The van der Waals surface area contributed by atoms with Gasteiger partial charge in [0, 0.05) is 25.0 Å². The smallest absolute Gasteiger partial charge is 0.239 e. The second-order valence-corrected chi connectivity index (χ2v) is 6.07. The lowest BCUT2D eigenvalue weighted by molar-refractivity contribution is -0.136. The molecule has 2 rings (SSSR count). The van der Waals surface area contributed by atoms with Crippen molar-refractivity contribution in [3.05, 3.63) is 35.9 Å². The highest BCUT2D eigenvalue weighted by molar-refractivity contribution is 5.85. The van der Waals surface area contributed by atoms with Gasteiger partial charge in [0.25, 0.3) is 0 Å². The predicted octanol–water partition coefficient (Wildman–Crippen LogP) is 2.90. The van der Waals surface area contributed by atoms with E-state index in [2.05, 4.69) is 37.8 Å². The quantitative estimate of drug-likeness (QED) is 0.831. The number of likely N-dealkylation sites (tertiary alicyclic amines) is 1. The van der Waals surface area contributed by atoms with Crippen LogP contribution < -0.4 is 5.73 Å². The number of hydrogen-bond acceptors (Lipinski definition) is 3. The van der Waals surface area contributed by atoms with Crippen LogP contribution in [0.15, 0.2) is 30.3 Å². The van der Waals surface area contributed by atoms with Gasteiger partial charge in [-0.25, -0.2) is 0 Å². The van der Waals surface area contributed by atoms with E-state index in [1.807, 2.05) is 23.1 Å². The Labute approximate surface area is 158 Å². The van der Waals surface area contributed by atoms with Crippen LogP contribution in [0, 0.1) is 0 Å². The summed E-state index contributed by atoms with van der Waals surface area (Å²) < 4.78 is 0. The van der Waals surface area contributed by atoms with Gasteiger partial charge in [-0.2, -0.15) is 0 Å². The lowest BCUT2D eigenvalue weighted by atomic mass is 9.95. The van der Waals surface area contributed by atoms with Gasteiger partial charge in [0.1, 0.15) is 0 Å². The molecule has 138 valence electrons. The molecule has 0 aromatic heterocycles. The maximum atomic E-state index is 12.9. The molecule has 2 N–H and O–H groups in total. The maximum absolute atomic E-state index is 12.9. The summed E-state index contributed by atoms with van der Waals surface area (Å²) in [4.78, 5) is 17.1. The van der Waals surface area contributed by atoms with Crippen LogP contribution >= 0.6 is 24.8 Å². The standard InChI is InChI=1S/C18H29N3O.2ClH/c1-4-17(20(5-2)6-3)18(22)21-12-15(16(19)13-21)14-10-8-7-9-11-14;;/h7-11,15-17H,4-6,12-13,19H2,1-3H3;2*1H/t15-,16+,17?;;/m0../s1. The molecule has 1 aliphatic heterocycles. The van der Waals surface area contributed by atoms with Crippen LogP contribution in [-0.4, -0.2) is 54.0 Å². The molecule has 1 fully saturated rings. The van der Waals surface area contributed by atoms with Crippen LogP contribution in [0.5, 0.6) is 0 Å². The van der Waals surface area contributed by atoms with E-state index in [1.165, 1.54) is 5.56 Å². The molecule has 0 radical (unpaired) electrons. The van der Waals surface area contributed by atoms with E-state index < -0.39 is 0 Å². The fraction of sp³-hybridized carbons (Fsp3) is 0.611. The first-order valence-corrected chi connectivity index (χ1v) is 8.45. The Kier molecular flexibility index (Phi) is 10.6. The summed E-state index contributed by atoms with van der Waals surface area (Å²) in [6.07, 6.45) is 0.849. The summed E-state index contributed by atoms with van der Waals surface area (Å²) in [7, 11) is 0. The first kappa shape index (κ1) is 23.2. The highest BCUT2D eigenvalue weighted by Gasteiger charge is 2.37. The molecule has 1 unspecified atom stereocenters. The number of rotatable bonds is 6. The average molecular weight is 376 g/mol. The van der Waals surface area contributed by atoms with Gasteiger partial charge in [0.15, 0.2) is 0 Å². The minimum Gasteiger partial charge on any atom is -0.339 e. The van der Waals surface area contributed by atoms with Crippen molar-refractivity contribution in [3.8, 4) is 0 Å². The van der Waals surface area contributed by atoms with E-state index in [9.17, 15) is 4.79 Å². The molecule has 0 bridgehead atoms. The molecule has 0 saturated carbocycles. The first-order valence-electron chi connectivity index (χ1n) is 8.45. The Morgan fingerprint density at radius 1 is 1.17 bits per heavy atom. The summed E-state index contributed by atoms with van der Waals surface area (Å²) in [5.41, 5.74) is 7.55. The van der Waals surface area contributed by atoms with Crippen molar-refractivity contribution < 1.29 is 4.79 Å². The number of nitrogens with two attached hydrogens (primary N) is 1. The zero-order valence-corrected chi connectivity index (χ0v) is 16.5. The molecule has 1 saturated heterocycles. The number of carbonyl (C=O) groups is 1. The molecule has 6 heteroatoms. The molecule has 0 aliphatic carbocycles. The van der Waals surface area contributed by atoms with Gasteiger partial charge in [0.2, 0.25) is 5.91 Å². The Balaban J connectivity index is 0.00000264. The van der Waals surface area contributed by atoms with Crippen LogP contribution in [0.25, 0.3) is 0 Å². The molecule has 1 aliphatic rings. The van der Waals surface area contributed by atoms with Crippen molar-refractivity contribution in [1.82, 2.24) is 9.80 Å². The summed E-state index contributed by atoms with van der Waals surface area (Å²) in [6.45, 7) is 9.53. The molecule has 1 aromatic rings. The van der Waals surface area contributed by atoms with Crippen LogP contribution in [0.2, 0.25) is 0 Å². The van der Waals surface area contributed by atoms with E-state index in [4.69, 9.17) is 5.73 Å². The minimum atomic E-state index is -0.0169. The van der Waals surface area contributed by atoms with E-state index in [1.54, 1.807) is 0 Å². The molecule has 24 heavy (non-hydrogen) atoms. The second-order valence-electron chi connectivity index (χ2n) is 6.07. The van der Waals surface area contributed by atoms with Gasteiger partial charge in [-0.15, -0.1) is 24.8 Å². The molecule has 1 heterocycles. The summed E-state index contributed by atoms with van der Waals surface area (Å²) in [5, 5.41) is 0.